The van der Waals surface area contributed by atoms with Crippen LogP contribution in [0.3, 0.4) is 0 Å². The third-order valence-corrected chi connectivity index (χ3v) is 5.62. The molecule has 0 aliphatic rings. The summed E-state index contributed by atoms with van der Waals surface area (Å²) in [6, 6.07) is 21.2. The van der Waals surface area contributed by atoms with E-state index >= 15 is 0 Å². The van der Waals surface area contributed by atoms with Gasteiger partial charge in [-0.25, -0.2) is 0 Å². The second-order valence-electron chi connectivity index (χ2n) is 8.13. The van der Waals surface area contributed by atoms with Gasteiger partial charge < -0.3 is 9.84 Å². The Morgan fingerprint density at radius 1 is 1.03 bits per heavy atom. The zero-order valence-corrected chi connectivity index (χ0v) is 19.1. The number of halogens is 3. The molecular formula is C26H23F3N4O2. The zero-order valence-electron chi connectivity index (χ0n) is 19.1. The van der Waals surface area contributed by atoms with Gasteiger partial charge in [-0.3, -0.25) is 9.69 Å². The molecule has 1 amide bonds. The van der Waals surface area contributed by atoms with Gasteiger partial charge in [0, 0.05) is 22.9 Å². The van der Waals surface area contributed by atoms with Crippen LogP contribution in [0.5, 0.6) is 0 Å². The highest BCUT2D eigenvalue weighted by molar-refractivity contribution is 6.04. The van der Waals surface area contributed by atoms with Crippen molar-refractivity contribution >= 4 is 11.6 Å². The molecule has 0 spiro atoms. The molecule has 0 bridgehead atoms. The number of hydrogen-bond donors (Lipinski definition) is 1. The third kappa shape index (κ3) is 5.93. The normalized spacial score (nSPS) is 12.5. The predicted octanol–water partition coefficient (Wildman–Crippen LogP) is 6.20. The molecule has 180 valence electrons. The van der Waals surface area contributed by atoms with Crippen LogP contribution in [0.1, 0.15) is 40.3 Å². The lowest BCUT2D eigenvalue weighted by Gasteiger charge is -2.24. The van der Waals surface area contributed by atoms with Gasteiger partial charge in [-0.15, -0.1) is 0 Å². The van der Waals surface area contributed by atoms with Crippen LogP contribution < -0.4 is 5.32 Å². The van der Waals surface area contributed by atoms with Crippen molar-refractivity contribution in [1.82, 2.24) is 15.0 Å². The smallest absolute Gasteiger partial charge is 0.338 e. The Balaban J connectivity index is 1.43. The average Bonchev–Trinajstić information content (AvgIpc) is 3.32. The molecule has 1 N–H and O–H groups in total. The maximum Gasteiger partial charge on any atom is 0.416 e. The monoisotopic (exact) mass is 480 g/mol. The highest BCUT2D eigenvalue weighted by Gasteiger charge is 2.30. The minimum atomic E-state index is -4.45. The summed E-state index contributed by atoms with van der Waals surface area (Å²) >= 11 is 0. The molecule has 0 saturated carbocycles. The second kappa shape index (κ2) is 10.1. The van der Waals surface area contributed by atoms with Crippen LogP contribution in [0.25, 0.3) is 11.4 Å². The van der Waals surface area contributed by atoms with Crippen LogP contribution in [-0.2, 0) is 12.7 Å². The molecule has 6 nitrogen and oxygen atoms in total. The fourth-order valence-corrected chi connectivity index (χ4v) is 3.54. The molecule has 0 aliphatic carbocycles. The summed E-state index contributed by atoms with van der Waals surface area (Å²) < 4.78 is 44.3. The van der Waals surface area contributed by atoms with E-state index in [4.69, 9.17) is 4.52 Å². The summed E-state index contributed by atoms with van der Waals surface area (Å²) in [5.74, 6) is 0.176. The molecule has 9 heteroatoms. The summed E-state index contributed by atoms with van der Waals surface area (Å²) in [5.41, 5.74) is 1.65. The van der Waals surface area contributed by atoms with Crippen LogP contribution in [0, 0.1) is 0 Å². The number of nitrogens with one attached hydrogen (secondary N) is 1. The SMILES string of the molecule is CC(c1cccc(NC(=O)c2ccccc2)c1)N(C)Cc1nc(-c2cccc(C(F)(F)F)c2)no1. The van der Waals surface area contributed by atoms with E-state index in [9.17, 15) is 18.0 Å². The van der Waals surface area contributed by atoms with Crippen molar-refractivity contribution in [2.75, 3.05) is 12.4 Å². The highest BCUT2D eigenvalue weighted by atomic mass is 19.4. The van der Waals surface area contributed by atoms with E-state index in [0.717, 1.165) is 17.7 Å². The first kappa shape index (κ1) is 24.2. The van der Waals surface area contributed by atoms with Crippen molar-refractivity contribution in [3.05, 3.63) is 101 Å². The first-order valence-corrected chi connectivity index (χ1v) is 10.9. The predicted molar refractivity (Wildman–Crippen MR) is 125 cm³/mol. The molecule has 1 heterocycles. The first-order chi connectivity index (χ1) is 16.7. The number of carbonyl (C=O) groups is 1. The van der Waals surface area contributed by atoms with Gasteiger partial charge in [-0.1, -0.05) is 47.6 Å². The van der Waals surface area contributed by atoms with E-state index < -0.39 is 11.7 Å². The maximum absolute atomic E-state index is 13.0. The number of carbonyl (C=O) groups excluding carboxylic acids is 1. The molecule has 3 aromatic carbocycles. The quantitative estimate of drug-likeness (QED) is 0.341. The van der Waals surface area contributed by atoms with Gasteiger partial charge in [0.05, 0.1) is 12.1 Å². The van der Waals surface area contributed by atoms with E-state index in [2.05, 4.69) is 15.5 Å². The van der Waals surface area contributed by atoms with Crippen LogP contribution in [0.4, 0.5) is 18.9 Å². The Bertz CT molecular complexity index is 1310. The molecule has 0 radical (unpaired) electrons. The summed E-state index contributed by atoms with van der Waals surface area (Å²) in [6.07, 6.45) is -4.45. The van der Waals surface area contributed by atoms with E-state index in [-0.39, 0.29) is 35.8 Å². The lowest BCUT2D eigenvalue weighted by atomic mass is 10.1. The van der Waals surface area contributed by atoms with Crippen molar-refractivity contribution in [3.63, 3.8) is 0 Å². The Labute approximate surface area is 200 Å². The largest absolute Gasteiger partial charge is 0.416 e. The fraction of sp³-hybridized carbons (Fsp3) is 0.192. The van der Waals surface area contributed by atoms with E-state index in [1.165, 1.54) is 12.1 Å². The fourth-order valence-electron chi connectivity index (χ4n) is 3.54. The van der Waals surface area contributed by atoms with Gasteiger partial charge in [-0.05, 0) is 55.9 Å². The first-order valence-electron chi connectivity index (χ1n) is 10.9. The van der Waals surface area contributed by atoms with Crippen molar-refractivity contribution in [2.45, 2.75) is 25.7 Å². The number of anilines is 1. The average molecular weight is 480 g/mol. The van der Waals surface area contributed by atoms with Gasteiger partial charge in [0.2, 0.25) is 11.7 Å². The van der Waals surface area contributed by atoms with Gasteiger partial charge in [0.1, 0.15) is 0 Å². The minimum Gasteiger partial charge on any atom is -0.338 e. The lowest BCUT2D eigenvalue weighted by molar-refractivity contribution is -0.137. The zero-order chi connectivity index (χ0) is 25.0. The van der Waals surface area contributed by atoms with Crippen LogP contribution in [0.15, 0.2) is 83.4 Å². The molecule has 4 aromatic rings. The Morgan fingerprint density at radius 3 is 2.51 bits per heavy atom. The van der Waals surface area contributed by atoms with Crippen molar-refractivity contribution in [3.8, 4) is 11.4 Å². The molecular weight excluding hydrogens is 457 g/mol. The number of aromatic nitrogens is 2. The van der Waals surface area contributed by atoms with Crippen LogP contribution in [-0.4, -0.2) is 28.0 Å². The summed E-state index contributed by atoms with van der Waals surface area (Å²) in [7, 11) is 1.87. The van der Waals surface area contributed by atoms with Crippen LogP contribution in [0.2, 0.25) is 0 Å². The minimum absolute atomic E-state index is 0.0764. The Hall–Kier alpha value is -3.98. The number of nitrogens with zero attached hydrogens (tertiary/aromatic N) is 3. The summed E-state index contributed by atoms with van der Waals surface area (Å²) in [6.45, 7) is 2.27. The van der Waals surface area contributed by atoms with Crippen molar-refractivity contribution in [1.29, 1.82) is 0 Å². The maximum atomic E-state index is 13.0. The number of rotatable bonds is 7. The molecule has 0 aliphatic heterocycles. The van der Waals surface area contributed by atoms with Crippen molar-refractivity contribution in [2.24, 2.45) is 0 Å². The van der Waals surface area contributed by atoms with Gasteiger partial charge in [0.25, 0.3) is 5.91 Å². The lowest BCUT2D eigenvalue weighted by Crippen LogP contribution is -2.22. The number of hydrogen-bond acceptors (Lipinski definition) is 5. The topological polar surface area (TPSA) is 71.3 Å². The number of amides is 1. The molecule has 35 heavy (non-hydrogen) atoms. The second-order valence-corrected chi connectivity index (χ2v) is 8.13. The van der Waals surface area contributed by atoms with E-state index in [1.54, 1.807) is 24.3 Å². The number of benzene rings is 3. The van der Waals surface area contributed by atoms with Crippen molar-refractivity contribution < 1.29 is 22.5 Å². The van der Waals surface area contributed by atoms with Gasteiger partial charge in [0.15, 0.2) is 0 Å². The molecule has 1 unspecified atom stereocenters. The molecule has 0 fully saturated rings. The highest BCUT2D eigenvalue weighted by Crippen LogP contribution is 2.31. The van der Waals surface area contributed by atoms with E-state index in [0.29, 0.717) is 11.3 Å². The van der Waals surface area contributed by atoms with Crippen LogP contribution >= 0.6 is 0 Å². The number of alkyl halides is 3. The Morgan fingerprint density at radius 2 is 1.77 bits per heavy atom. The summed E-state index contributed by atoms with van der Waals surface area (Å²) in [4.78, 5) is 18.7. The molecule has 1 aromatic heterocycles. The van der Waals surface area contributed by atoms with E-state index in [1.807, 2.05) is 49.2 Å². The summed E-state index contributed by atoms with van der Waals surface area (Å²) in [5, 5.41) is 6.74. The van der Waals surface area contributed by atoms with Gasteiger partial charge >= 0.3 is 6.18 Å². The Kier molecular flexibility index (Phi) is 6.97. The molecule has 0 saturated heterocycles. The molecule has 4 rings (SSSR count). The van der Waals surface area contributed by atoms with Gasteiger partial charge in [-0.2, -0.15) is 18.2 Å². The molecule has 1 atom stereocenters. The third-order valence-electron chi connectivity index (χ3n) is 5.62. The standard InChI is InChI=1S/C26H23F3N4O2/c1-17(19-10-7-13-22(15-19)30-25(34)18-8-4-3-5-9-18)33(2)16-23-31-24(32-35-23)20-11-6-12-21(14-20)26(27,28)29/h3-15,17H,16H2,1-2H3,(H,30,34).